The molecule has 2 aromatic carbocycles. The normalized spacial score (nSPS) is 20.2. The number of aliphatic carboxylic acids is 1. The molecule has 1 heterocycles. The van der Waals surface area contributed by atoms with Gasteiger partial charge in [0.15, 0.2) is 0 Å². The van der Waals surface area contributed by atoms with Crippen LogP contribution >= 0.6 is 0 Å². The predicted molar refractivity (Wildman–Crippen MR) is 116 cm³/mol. The Morgan fingerprint density at radius 2 is 1.72 bits per heavy atom. The van der Waals surface area contributed by atoms with E-state index in [1.54, 1.807) is 6.92 Å². The highest BCUT2D eigenvalue weighted by Crippen LogP contribution is 2.44. The number of carboxylic acid groups (broad SMARTS) is 1. The summed E-state index contributed by atoms with van der Waals surface area (Å²) in [5, 5.41) is 14.2. The van der Waals surface area contributed by atoms with Gasteiger partial charge in [-0.2, -0.15) is 0 Å². The molecule has 3 N–H and O–H groups in total. The van der Waals surface area contributed by atoms with Crippen molar-refractivity contribution in [2.45, 2.75) is 31.4 Å². The lowest BCUT2D eigenvalue weighted by molar-refractivity contribution is -0.141. The Balaban J connectivity index is 1.26. The number of carboxylic acids is 1. The SMILES string of the molecule is C[C@H](NC(=O)OCC1c2ccccc2-c2ccccc21)C(=O)NC[C@H]1C[C@@H](C(=O)O)CO1. The number of nitrogens with one attached hydrogen (secondary N) is 2. The summed E-state index contributed by atoms with van der Waals surface area (Å²) in [5.74, 6) is -1.89. The highest BCUT2D eigenvalue weighted by molar-refractivity contribution is 5.85. The smallest absolute Gasteiger partial charge is 0.407 e. The number of ether oxygens (including phenoxy) is 2. The van der Waals surface area contributed by atoms with E-state index in [1.807, 2.05) is 36.4 Å². The minimum atomic E-state index is -0.899. The van der Waals surface area contributed by atoms with E-state index in [0.717, 1.165) is 22.3 Å². The molecule has 2 aliphatic rings. The van der Waals surface area contributed by atoms with E-state index in [1.165, 1.54) is 0 Å². The van der Waals surface area contributed by atoms with E-state index < -0.39 is 24.0 Å². The van der Waals surface area contributed by atoms with Gasteiger partial charge < -0.3 is 25.2 Å². The zero-order chi connectivity index (χ0) is 22.7. The Morgan fingerprint density at radius 3 is 2.31 bits per heavy atom. The van der Waals surface area contributed by atoms with Crippen LogP contribution in [0.15, 0.2) is 48.5 Å². The molecule has 168 valence electrons. The largest absolute Gasteiger partial charge is 0.481 e. The van der Waals surface area contributed by atoms with Crippen molar-refractivity contribution >= 4 is 18.0 Å². The molecule has 8 heteroatoms. The van der Waals surface area contributed by atoms with E-state index in [2.05, 4.69) is 22.8 Å². The molecular formula is C24H26N2O6. The summed E-state index contributed by atoms with van der Waals surface area (Å²) in [4.78, 5) is 35.6. The highest BCUT2D eigenvalue weighted by Gasteiger charge is 2.32. The average Bonchev–Trinajstić information content (AvgIpc) is 3.39. The maximum absolute atomic E-state index is 12.3. The van der Waals surface area contributed by atoms with Crippen molar-refractivity contribution in [1.82, 2.24) is 10.6 Å². The van der Waals surface area contributed by atoms with Crippen molar-refractivity contribution in [2.75, 3.05) is 19.8 Å². The van der Waals surface area contributed by atoms with Crippen molar-refractivity contribution in [1.29, 1.82) is 0 Å². The molecule has 0 spiro atoms. The quantitative estimate of drug-likeness (QED) is 0.612. The molecule has 0 aromatic heterocycles. The summed E-state index contributed by atoms with van der Waals surface area (Å²) in [6, 6.07) is 15.3. The maximum atomic E-state index is 12.3. The first-order chi connectivity index (χ1) is 15.4. The van der Waals surface area contributed by atoms with Gasteiger partial charge in [-0.05, 0) is 35.6 Å². The van der Waals surface area contributed by atoms with Gasteiger partial charge in [0.25, 0.3) is 0 Å². The monoisotopic (exact) mass is 438 g/mol. The van der Waals surface area contributed by atoms with Gasteiger partial charge >= 0.3 is 12.1 Å². The Bertz CT molecular complexity index is 978. The van der Waals surface area contributed by atoms with Crippen LogP contribution in [0.4, 0.5) is 4.79 Å². The molecule has 2 amide bonds. The lowest BCUT2D eigenvalue weighted by Gasteiger charge is -2.18. The van der Waals surface area contributed by atoms with Crippen LogP contribution < -0.4 is 10.6 Å². The fourth-order valence-corrected chi connectivity index (χ4v) is 4.27. The summed E-state index contributed by atoms with van der Waals surface area (Å²) >= 11 is 0. The van der Waals surface area contributed by atoms with Crippen LogP contribution in [0.3, 0.4) is 0 Å². The molecule has 2 aromatic rings. The Kier molecular flexibility index (Phi) is 6.41. The minimum absolute atomic E-state index is 0.0565. The predicted octanol–water partition coefficient (Wildman–Crippen LogP) is 2.52. The number of hydrogen-bond donors (Lipinski definition) is 3. The highest BCUT2D eigenvalue weighted by atomic mass is 16.5. The first kappa shape index (κ1) is 21.8. The topological polar surface area (TPSA) is 114 Å². The number of rotatable bonds is 7. The summed E-state index contributed by atoms with van der Waals surface area (Å²) in [6.07, 6.45) is -0.664. The second-order valence-electron chi connectivity index (χ2n) is 8.16. The number of fused-ring (bicyclic) bond motifs is 3. The fraction of sp³-hybridized carbons (Fsp3) is 0.375. The van der Waals surface area contributed by atoms with Crippen LogP contribution in [0.25, 0.3) is 11.1 Å². The van der Waals surface area contributed by atoms with Gasteiger partial charge in [-0.15, -0.1) is 0 Å². The van der Waals surface area contributed by atoms with Gasteiger partial charge in [-0.25, -0.2) is 4.79 Å². The van der Waals surface area contributed by atoms with Crippen molar-refractivity contribution in [3.8, 4) is 11.1 Å². The van der Waals surface area contributed by atoms with Crippen LogP contribution in [-0.4, -0.2) is 55.0 Å². The molecule has 1 saturated heterocycles. The molecular weight excluding hydrogens is 412 g/mol. The summed E-state index contributed by atoms with van der Waals surface area (Å²) < 4.78 is 10.8. The lowest BCUT2D eigenvalue weighted by atomic mass is 9.98. The third-order valence-electron chi connectivity index (χ3n) is 6.01. The minimum Gasteiger partial charge on any atom is -0.481 e. The van der Waals surface area contributed by atoms with E-state index in [-0.39, 0.29) is 37.7 Å². The fourth-order valence-electron chi connectivity index (χ4n) is 4.27. The zero-order valence-corrected chi connectivity index (χ0v) is 17.7. The van der Waals surface area contributed by atoms with E-state index >= 15 is 0 Å². The zero-order valence-electron chi connectivity index (χ0n) is 17.7. The van der Waals surface area contributed by atoms with Crippen LogP contribution in [0.2, 0.25) is 0 Å². The van der Waals surface area contributed by atoms with Crippen LogP contribution in [0.1, 0.15) is 30.4 Å². The Morgan fingerprint density at radius 1 is 1.09 bits per heavy atom. The van der Waals surface area contributed by atoms with Gasteiger partial charge in [0.05, 0.1) is 18.6 Å². The number of amides is 2. The van der Waals surface area contributed by atoms with Gasteiger partial charge in [0.2, 0.25) is 5.91 Å². The number of carbonyl (C=O) groups is 3. The Hall–Kier alpha value is -3.39. The van der Waals surface area contributed by atoms with Crippen molar-refractivity contribution in [2.24, 2.45) is 5.92 Å². The molecule has 0 saturated carbocycles. The average molecular weight is 438 g/mol. The molecule has 8 nitrogen and oxygen atoms in total. The van der Waals surface area contributed by atoms with E-state index in [9.17, 15) is 14.4 Å². The number of carbonyl (C=O) groups excluding carboxylic acids is 2. The van der Waals surface area contributed by atoms with Crippen molar-refractivity contribution < 1.29 is 29.0 Å². The van der Waals surface area contributed by atoms with Gasteiger partial charge in [0, 0.05) is 12.5 Å². The van der Waals surface area contributed by atoms with E-state index in [4.69, 9.17) is 14.6 Å². The van der Waals surface area contributed by atoms with Crippen LogP contribution in [0.5, 0.6) is 0 Å². The number of hydrogen-bond acceptors (Lipinski definition) is 5. The lowest BCUT2D eigenvalue weighted by Crippen LogP contribution is -2.46. The van der Waals surface area contributed by atoms with Gasteiger partial charge in [-0.1, -0.05) is 48.5 Å². The molecule has 0 unspecified atom stereocenters. The Labute approximate surface area is 185 Å². The molecule has 0 radical (unpaired) electrons. The maximum Gasteiger partial charge on any atom is 0.407 e. The first-order valence-electron chi connectivity index (χ1n) is 10.7. The number of benzene rings is 2. The van der Waals surface area contributed by atoms with Gasteiger partial charge in [0.1, 0.15) is 12.6 Å². The summed E-state index contributed by atoms with van der Waals surface area (Å²) in [6.45, 7) is 2.07. The molecule has 1 fully saturated rings. The first-order valence-corrected chi connectivity index (χ1v) is 10.7. The molecule has 1 aliphatic carbocycles. The molecule has 4 rings (SSSR count). The van der Waals surface area contributed by atoms with Gasteiger partial charge in [-0.3, -0.25) is 9.59 Å². The second-order valence-corrected chi connectivity index (χ2v) is 8.16. The van der Waals surface area contributed by atoms with Crippen molar-refractivity contribution in [3.63, 3.8) is 0 Å². The third kappa shape index (κ3) is 4.60. The number of alkyl carbamates (subject to hydrolysis) is 1. The molecule has 1 aliphatic heterocycles. The third-order valence-corrected chi connectivity index (χ3v) is 6.01. The standard InChI is InChI=1S/C24H26N2O6/c1-14(22(27)25-11-16-10-15(12-31-16)23(28)29)26-24(30)32-13-21-19-8-4-2-6-17(19)18-7-3-5-9-20(18)21/h2-9,14-16,21H,10-13H2,1H3,(H,25,27)(H,26,30)(H,28,29)/t14-,15+,16+/m0/s1. The molecule has 3 atom stereocenters. The van der Waals surface area contributed by atoms with Crippen LogP contribution in [0, 0.1) is 5.92 Å². The molecule has 0 bridgehead atoms. The summed E-state index contributed by atoms with van der Waals surface area (Å²) in [5.41, 5.74) is 4.51. The van der Waals surface area contributed by atoms with Crippen molar-refractivity contribution in [3.05, 3.63) is 59.7 Å². The second kappa shape index (κ2) is 9.40. The van der Waals surface area contributed by atoms with E-state index in [0.29, 0.717) is 6.42 Å². The van der Waals surface area contributed by atoms with Crippen LogP contribution in [-0.2, 0) is 19.1 Å². The molecule has 32 heavy (non-hydrogen) atoms. The summed E-state index contributed by atoms with van der Waals surface area (Å²) in [7, 11) is 0.